The van der Waals surface area contributed by atoms with Crippen molar-refractivity contribution in [2.24, 2.45) is 0 Å². The molecule has 0 spiro atoms. The van der Waals surface area contributed by atoms with E-state index in [4.69, 9.17) is 27.6 Å². The number of carbonyl (C=O) groups excluding carboxylic acids is 1. The molecule has 0 aliphatic heterocycles. The molecule has 0 fully saturated rings. The van der Waals surface area contributed by atoms with Gasteiger partial charge in [-0.25, -0.2) is 0 Å². The first-order valence-corrected chi connectivity index (χ1v) is 8.86. The van der Waals surface area contributed by atoms with Gasteiger partial charge in [-0.1, -0.05) is 35.3 Å². The third-order valence-corrected chi connectivity index (χ3v) is 4.43. The van der Waals surface area contributed by atoms with Gasteiger partial charge in [0.25, 0.3) is 0 Å². The zero-order chi connectivity index (χ0) is 17.8. The van der Waals surface area contributed by atoms with E-state index in [1.165, 1.54) is 6.08 Å². The normalized spacial score (nSPS) is 11.0. The molecule has 0 aliphatic rings. The molecule has 0 unspecified atom stereocenters. The molecular weight excluding hydrogens is 425 g/mol. The molecule has 1 amide bonds. The minimum absolute atomic E-state index is 0.254. The summed E-state index contributed by atoms with van der Waals surface area (Å²) >= 11 is 15.4. The molecule has 6 heteroatoms. The second-order valence-electron chi connectivity index (χ2n) is 5.16. The van der Waals surface area contributed by atoms with E-state index in [0.717, 1.165) is 10.0 Å². The number of rotatable bonds is 4. The van der Waals surface area contributed by atoms with Gasteiger partial charge < -0.3 is 9.73 Å². The second kappa shape index (κ2) is 7.91. The van der Waals surface area contributed by atoms with Crippen molar-refractivity contribution in [3.05, 3.63) is 81.0 Å². The number of carbonyl (C=O) groups is 1. The Kier molecular flexibility index (Phi) is 5.63. The molecule has 3 aromatic rings. The third-order valence-electron chi connectivity index (χ3n) is 3.30. The van der Waals surface area contributed by atoms with E-state index in [-0.39, 0.29) is 5.91 Å². The van der Waals surface area contributed by atoms with Gasteiger partial charge >= 0.3 is 0 Å². The molecule has 0 atom stereocenters. The zero-order valence-electron chi connectivity index (χ0n) is 12.8. The van der Waals surface area contributed by atoms with Gasteiger partial charge in [0.15, 0.2) is 0 Å². The highest BCUT2D eigenvalue weighted by Crippen LogP contribution is 2.29. The minimum atomic E-state index is -0.254. The van der Waals surface area contributed by atoms with Crippen molar-refractivity contribution in [2.75, 3.05) is 5.32 Å². The van der Waals surface area contributed by atoms with Gasteiger partial charge in [0.1, 0.15) is 11.5 Å². The number of anilines is 1. The number of halogens is 3. The number of para-hydroxylation sites is 1. The van der Waals surface area contributed by atoms with Crippen LogP contribution in [0.25, 0.3) is 17.4 Å². The molecule has 0 saturated heterocycles. The lowest BCUT2D eigenvalue weighted by atomic mass is 10.2. The highest BCUT2D eigenvalue weighted by molar-refractivity contribution is 9.10. The summed E-state index contributed by atoms with van der Waals surface area (Å²) in [6, 6.07) is 16.1. The first kappa shape index (κ1) is 17.8. The molecule has 1 heterocycles. The molecule has 0 bridgehead atoms. The molecule has 0 saturated carbocycles. The van der Waals surface area contributed by atoms with Crippen molar-refractivity contribution in [1.82, 2.24) is 0 Å². The molecule has 0 aliphatic carbocycles. The number of nitrogens with one attached hydrogen (secondary N) is 1. The lowest BCUT2D eigenvalue weighted by Crippen LogP contribution is -2.07. The topological polar surface area (TPSA) is 42.2 Å². The fourth-order valence-corrected chi connectivity index (χ4v) is 3.10. The Balaban J connectivity index is 1.71. The van der Waals surface area contributed by atoms with Crippen molar-refractivity contribution in [3.63, 3.8) is 0 Å². The molecule has 3 rings (SSSR count). The van der Waals surface area contributed by atoms with Gasteiger partial charge in [0.2, 0.25) is 5.91 Å². The minimum Gasteiger partial charge on any atom is -0.457 e. The molecule has 1 N–H and O–H groups in total. The SMILES string of the molecule is O=C(/C=C/c1ccc(-c2cc(Cl)cc(Cl)c2)o1)Nc1ccccc1Br. The van der Waals surface area contributed by atoms with E-state index in [1.807, 2.05) is 24.3 Å². The highest BCUT2D eigenvalue weighted by atomic mass is 79.9. The molecule has 126 valence electrons. The largest absolute Gasteiger partial charge is 0.457 e. The Bertz CT molecular complexity index is 930. The first-order valence-electron chi connectivity index (χ1n) is 7.31. The quantitative estimate of drug-likeness (QED) is 0.464. The van der Waals surface area contributed by atoms with Crippen LogP contribution in [-0.4, -0.2) is 5.91 Å². The van der Waals surface area contributed by atoms with Crippen LogP contribution in [0.1, 0.15) is 5.76 Å². The predicted octanol–water partition coefficient (Wildman–Crippen LogP) is 6.67. The van der Waals surface area contributed by atoms with Crippen molar-refractivity contribution in [2.45, 2.75) is 0 Å². The smallest absolute Gasteiger partial charge is 0.248 e. The number of furan rings is 1. The van der Waals surface area contributed by atoms with Crippen molar-refractivity contribution in [1.29, 1.82) is 0 Å². The van der Waals surface area contributed by atoms with Gasteiger partial charge in [0, 0.05) is 26.2 Å². The lowest BCUT2D eigenvalue weighted by molar-refractivity contribution is -0.111. The summed E-state index contributed by atoms with van der Waals surface area (Å²) in [7, 11) is 0. The van der Waals surface area contributed by atoms with Gasteiger partial charge in [-0.05, 0) is 64.5 Å². The number of benzene rings is 2. The van der Waals surface area contributed by atoms with Crippen LogP contribution >= 0.6 is 39.1 Å². The Morgan fingerprint density at radius 1 is 1.04 bits per heavy atom. The number of amides is 1. The van der Waals surface area contributed by atoms with Crippen LogP contribution in [0, 0.1) is 0 Å². The predicted molar refractivity (Wildman–Crippen MR) is 106 cm³/mol. The summed E-state index contributed by atoms with van der Waals surface area (Å²) < 4.78 is 6.53. The van der Waals surface area contributed by atoms with Crippen LogP contribution < -0.4 is 5.32 Å². The summed E-state index contributed by atoms with van der Waals surface area (Å²) in [5.74, 6) is 0.916. The molecule has 3 nitrogen and oxygen atoms in total. The summed E-state index contributed by atoms with van der Waals surface area (Å²) in [6.07, 6.45) is 3.01. The van der Waals surface area contributed by atoms with Crippen LogP contribution in [0.5, 0.6) is 0 Å². The summed E-state index contributed by atoms with van der Waals surface area (Å²) in [4.78, 5) is 12.0. The van der Waals surface area contributed by atoms with E-state index in [0.29, 0.717) is 27.3 Å². The summed E-state index contributed by atoms with van der Waals surface area (Å²) in [5.41, 5.74) is 1.47. The molecule has 0 radical (unpaired) electrons. The van der Waals surface area contributed by atoms with Crippen molar-refractivity contribution < 1.29 is 9.21 Å². The molecule has 25 heavy (non-hydrogen) atoms. The lowest BCUT2D eigenvalue weighted by Gasteiger charge is -2.03. The summed E-state index contributed by atoms with van der Waals surface area (Å²) in [5, 5.41) is 3.85. The molecular formula is C19H12BrCl2NO2. The number of hydrogen-bond acceptors (Lipinski definition) is 2. The Morgan fingerprint density at radius 2 is 1.76 bits per heavy atom. The Labute approximate surface area is 163 Å². The Hall–Kier alpha value is -2.01. The van der Waals surface area contributed by atoms with Gasteiger partial charge in [-0.2, -0.15) is 0 Å². The van der Waals surface area contributed by atoms with Crippen LogP contribution in [0.4, 0.5) is 5.69 Å². The van der Waals surface area contributed by atoms with E-state index in [9.17, 15) is 4.79 Å². The number of hydrogen-bond donors (Lipinski definition) is 1. The maximum Gasteiger partial charge on any atom is 0.248 e. The van der Waals surface area contributed by atoms with Gasteiger partial charge in [-0.3, -0.25) is 4.79 Å². The second-order valence-corrected chi connectivity index (χ2v) is 6.89. The van der Waals surface area contributed by atoms with Crippen LogP contribution in [0.15, 0.2) is 69.6 Å². The monoisotopic (exact) mass is 435 g/mol. The van der Waals surface area contributed by atoms with Crippen LogP contribution in [0.2, 0.25) is 10.0 Å². The van der Waals surface area contributed by atoms with E-state index in [1.54, 1.807) is 36.4 Å². The highest BCUT2D eigenvalue weighted by Gasteiger charge is 2.06. The van der Waals surface area contributed by atoms with Crippen LogP contribution in [0.3, 0.4) is 0 Å². The average molecular weight is 437 g/mol. The van der Waals surface area contributed by atoms with Crippen molar-refractivity contribution >= 4 is 56.8 Å². The summed E-state index contributed by atoms with van der Waals surface area (Å²) in [6.45, 7) is 0. The zero-order valence-corrected chi connectivity index (χ0v) is 15.9. The Morgan fingerprint density at radius 3 is 2.48 bits per heavy atom. The fraction of sp³-hybridized carbons (Fsp3) is 0. The maximum absolute atomic E-state index is 12.0. The van der Waals surface area contributed by atoms with E-state index >= 15 is 0 Å². The van der Waals surface area contributed by atoms with Crippen molar-refractivity contribution in [3.8, 4) is 11.3 Å². The van der Waals surface area contributed by atoms with E-state index in [2.05, 4.69) is 21.2 Å². The fourth-order valence-electron chi connectivity index (χ4n) is 2.19. The molecule has 1 aromatic heterocycles. The van der Waals surface area contributed by atoms with Gasteiger partial charge in [0.05, 0.1) is 5.69 Å². The average Bonchev–Trinajstić information content (AvgIpc) is 3.03. The van der Waals surface area contributed by atoms with Crippen LogP contribution in [-0.2, 0) is 4.79 Å². The van der Waals surface area contributed by atoms with E-state index < -0.39 is 0 Å². The molecule has 2 aromatic carbocycles. The first-order chi connectivity index (χ1) is 12.0. The maximum atomic E-state index is 12.0. The standard InChI is InChI=1S/C19H12BrCl2NO2/c20-16-3-1-2-4-17(16)23-19(24)8-6-15-5-7-18(25-15)12-9-13(21)11-14(22)10-12/h1-11H,(H,23,24)/b8-6+. The van der Waals surface area contributed by atoms with Gasteiger partial charge in [-0.15, -0.1) is 0 Å². The third kappa shape index (κ3) is 4.75.